The second-order valence-corrected chi connectivity index (χ2v) is 6.43. The molecule has 1 aromatic carbocycles. The Hall–Kier alpha value is -0.670. The van der Waals surface area contributed by atoms with Gasteiger partial charge >= 0.3 is 0 Å². The van der Waals surface area contributed by atoms with E-state index in [0.29, 0.717) is 0 Å². The first-order valence-corrected chi connectivity index (χ1v) is 8.35. The molecule has 0 aliphatic rings. The first-order valence-electron chi connectivity index (χ1n) is 7.19. The summed E-state index contributed by atoms with van der Waals surface area (Å²) in [5.74, 6) is 3.90. The van der Waals surface area contributed by atoms with Gasteiger partial charge in [0.25, 0.3) is 0 Å². The summed E-state index contributed by atoms with van der Waals surface area (Å²) < 4.78 is 5.57. The lowest BCUT2D eigenvalue weighted by Gasteiger charge is -2.13. The molecular formula is C16H27NOS. The quantitative estimate of drug-likeness (QED) is 0.687. The van der Waals surface area contributed by atoms with Gasteiger partial charge in [0.05, 0.1) is 6.61 Å². The highest BCUT2D eigenvalue weighted by molar-refractivity contribution is 7.99. The van der Waals surface area contributed by atoms with Gasteiger partial charge in [0, 0.05) is 11.8 Å². The van der Waals surface area contributed by atoms with E-state index in [2.05, 4.69) is 32.9 Å². The van der Waals surface area contributed by atoms with Crippen LogP contribution in [0.1, 0.15) is 45.2 Å². The minimum Gasteiger partial charge on any atom is -0.494 e. The molecule has 2 N–H and O–H groups in total. The molecule has 0 aliphatic heterocycles. The highest BCUT2D eigenvalue weighted by Gasteiger charge is 2.06. The van der Waals surface area contributed by atoms with E-state index in [1.807, 2.05) is 23.9 Å². The van der Waals surface area contributed by atoms with Gasteiger partial charge in [-0.3, -0.25) is 0 Å². The molecule has 1 rings (SSSR count). The van der Waals surface area contributed by atoms with E-state index >= 15 is 0 Å². The zero-order valence-electron chi connectivity index (χ0n) is 12.4. The Morgan fingerprint density at radius 1 is 1.21 bits per heavy atom. The van der Waals surface area contributed by atoms with E-state index in [0.717, 1.165) is 30.4 Å². The lowest BCUT2D eigenvalue weighted by molar-refractivity contribution is 0.317. The number of rotatable bonds is 9. The first kappa shape index (κ1) is 16.4. The van der Waals surface area contributed by atoms with Gasteiger partial charge in [-0.15, -0.1) is 0 Å². The van der Waals surface area contributed by atoms with Crippen molar-refractivity contribution in [3.8, 4) is 5.75 Å². The number of ether oxygens (including phenoxy) is 1. The molecule has 0 radical (unpaired) electrons. The Bertz CT molecular complexity index is 337. The van der Waals surface area contributed by atoms with Crippen LogP contribution in [-0.4, -0.2) is 18.1 Å². The lowest BCUT2D eigenvalue weighted by atomic mass is 10.1. The number of hydrogen-bond donors (Lipinski definition) is 1. The predicted molar refractivity (Wildman–Crippen MR) is 85.9 cm³/mol. The molecule has 1 unspecified atom stereocenters. The molecule has 1 atom stereocenters. The van der Waals surface area contributed by atoms with Crippen molar-refractivity contribution in [1.29, 1.82) is 0 Å². The van der Waals surface area contributed by atoms with Gasteiger partial charge in [0.15, 0.2) is 0 Å². The van der Waals surface area contributed by atoms with Crippen LogP contribution in [0.5, 0.6) is 5.75 Å². The van der Waals surface area contributed by atoms with Crippen molar-refractivity contribution in [2.75, 3.05) is 18.1 Å². The van der Waals surface area contributed by atoms with E-state index < -0.39 is 0 Å². The molecule has 0 saturated carbocycles. The molecule has 0 heterocycles. The van der Waals surface area contributed by atoms with Crippen molar-refractivity contribution in [3.05, 3.63) is 29.8 Å². The van der Waals surface area contributed by atoms with Crippen LogP contribution in [0.4, 0.5) is 0 Å². The van der Waals surface area contributed by atoms with Crippen molar-refractivity contribution >= 4 is 11.8 Å². The molecule has 0 bridgehead atoms. The first-order chi connectivity index (χ1) is 9.13. The van der Waals surface area contributed by atoms with Crippen molar-refractivity contribution in [3.63, 3.8) is 0 Å². The topological polar surface area (TPSA) is 35.2 Å². The van der Waals surface area contributed by atoms with Gasteiger partial charge < -0.3 is 10.5 Å². The molecule has 0 fully saturated rings. The fourth-order valence-corrected chi connectivity index (χ4v) is 2.91. The fraction of sp³-hybridized carbons (Fsp3) is 0.625. The summed E-state index contributed by atoms with van der Waals surface area (Å²) in [6, 6.07) is 8.32. The highest BCUT2D eigenvalue weighted by Crippen LogP contribution is 2.20. The molecule has 0 aliphatic carbocycles. The molecule has 3 heteroatoms. The van der Waals surface area contributed by atoms with E-state index in [4.69, 9.17) is 10.5 Å². The van der Waals surface area contributed by atoms with Gasteiger partial charge in [-0.2, -0.15) is 11.8 Å². The molecule has 0 aromatic heterocycles. The van der Waals surface area contributed by atoms with Gasteiger partial charge in [0.2, 0.25) is 0 Å². The normalized spacial score (nSPS) is 12.7. The van der Waals surface area contributed by atoms with Crippen LogP contribution in [0.15, 0.2) is 24.3 Å². The average Bonchev–Trinajstić information content (AvgIpc) is 2.41. The maximum atomic E-state index is 6.20. The van der Waals surface area contributed by atoms with Crippen molar-refractivity contribution in [2.24, 2.45) is 11.7 Å². The number of benzene rings is 1. The van der Waals surface area contributed by atoms with Crippen LogP contribution in [0.25, 0.3) is 0 Å². The van der Waals surface area contributed by atoms with Crippen LogP contribution in [0, 0.1) is 5.92 Å². The zero-order valence-corrected chi connectivity index (χ0v) is 13.2. The third kappa shape index (κ3) is 6.88. The monoisotopic (exact) mass is 281 g/mol. The largest absolute Gasteiger partial charge is 0.494 e. The number of hydrogen-bond acceptors (Lipinski definition) is 3. The smallest absolute Gasteiger partial charge is 0.119 e. The predicted octanol–water partition coefficient (Wildman–Crippen LogP) is 4.25. The van der Waals surface area contributed by atoms with E-state index in [1.165, 1.54) is 17.7 Å². The summed E-state index contributed by atoms with van der Waals surface area (Å²) >= 11 is 1.95. The van der Waals surface area contributed by atoms with Gasteiger partial charge in [-0.1, -0.05) is 32.9 Å². The van der Waals surface area contributed by atoms with Crippen molar-refractivity contribution in [2.45, 2.75) is 39.7 Å². The Labute approximate surface area is 122 Å². The molecule has 19 heavy (non-hydrogen) atoms. The Morgan fingerprint density at radius 3 is 2.47 bits per heavy atom. The van der Waals surface area contributed by atoms with Crippen LogP contribution in [0.3, 0.4) is 0 Å². The summed E-state index contributed by atoms with van der Waals surface area (Å²) in [6.45, 7) is 7.40. The molecule has 2 nitrogen and oxygen atoms in total. The SMILES string of the molecule is CCCOc1ccc(C(N)CSCCC(C)C)cc1. The number of nitrogens with two attached hydrogens (primary N) is 1. The number of thioether (sulfide) groups is 1. The van der Waals surface area contributed by atoms with Gasteiger partial charge in [-0.25, -0.2) is 0 Å². The Balaban J connectivity index is 2.33. The highest BCUT2D eigenvalue weighted by atomic mass is 32.2. The van der Waals surface area contributed by atoms with Gasteiger partial charge in [0.1, 0.15) is 5.75 Å². The maximum absolute atomic E-state index is 6.20. The summed E-state index contributed by atoms with van der Waals surface area (Å²) in [7, 11) is 0. The van der Waals surface area contributed by atoms with Crippen molar-refractivity contribution in [1.82, 2.24) is 0 Å². The minimum atomic E-state index is 0.123. The second-order valence-electron chi connectivity index (χ2n) is 5.28. The molecule has 0 saturated heterocycles. The summed E-state index contributed by atoms with van der Waals surface area (Å²) in [5.41, 5.74) is 7.40. The molecule has 0 spiro atoms. The average molecular weight is 281 g/mol. The van der Waals surface area contributed by atoms with Crippen LogP contribution in [-0.2, 0) is 0 Å². The zero-order chi connectivity index (χ0) is 14.1. The van der Waals surface area contributed by atoms with Crippen LogP contribution >= 0.6 is 11.8 Å². The van der Waals surface area contributed by atoms with Crippen molar-refractivity contribution < 1.29 is 4.74 Å². The molecule has 1 aromatic rings. The van der Waals surface area contributed by atoms with E-state index in [1.54, 1.807) is 0 Å². The fourth-order valence-electron chi connectivity index (χ4n) is 1.66. The van der Waals surface area contributed by atoms with E-state index in [-0.39, 0.29) is 6.04 Å². The summed E-state index contributed by atoms with van der Waals surface area (Å²) in [6.07, 6.45) is 2.30. The Morgan fingerprint density at radius 2 is 1.89 bits per heavy atom. The van der Waals surface area contributed by atoms with Crippen LogP contribution in [0.2, 0.25) is 0 Å². The third-order valence-corrected chi connectivity index (χ3v) is 4.04. The third-order valence-electron chi connectivity index (χ3n) is 2.92. The summed E-state index contributed by atoms with van der Waals surface area (Å²) in [4.78, 5) is 0. The second kappa shape index (κ2) is 9.27. The molecule has 0 amide bonds. The van der Waals surface area contributed by atoms with Gasteiger partial charge in [-0.05, 0) is 42.2 Å². The van der Waals surface area contributed by atoms with E-state index in [9.17, 15) is 0 Å². The minimum absolute atomic E-state index is 0.123. The maximum Gasteiger partial charge on any atom is 0.119 e. The van der Waals surface area contributed by atoms with Crippen LogP contribution < -0.4 is 10.5 Å². The Kier molecular flexibility index (Phi) is 7.99. The lowest BCUT2D eigenvalue weighted by Crippen LogP contribution is -2.13. The molecular weight excluding hydrogens is 254 g/mol. The molecule has 108 valence electrons. The standard InChI is InChI=1S/C16H27NOS/c1-4-10-18-15-7-5-14(6-8-15)16(17)12-19-11-9-13(2)3/h5-8,13,16H,4,9-12,17H2,1-3H3. The summed E-state index contributed by atoms with van der Waals surface area (Å²) in [5, 5.41) is 0.